The van der Waals surface area contributed by atoms with Gasteiger partial charge in [-0.3, -0.25) is 4.18 Å². The lowest BCUT2D eigenvalue weighted by atomic mass is 10.2. The van der Waals surface area contributed by atoms with E-state index in [0.717, 1.165) is 0 Å². The van der Waals surface area contributed by atoms with Crippen molar-refractivity contribution in [2.24, 2.45) is 0 Å². The van der Waals surface area contributed by atoms with Gasteiger partial charge in [-0.05, 0) is 36.8 Å². The third kappa shape index (κ3) is 5.67. The minimum absolute atomic E-state index is 0.0439. The number of ether oxygens (including phenoxy) is 1. The van der Waals surface area contributed by atoms with Crippen LogP contribution in [0.25, 0.3) is 0 Å². The van der Waals surface area contributed by atoms with Crippen molar-refractivity contribution in [1.29, 1.82) is 0 Å². The predicted octanol–water partition coefficient (Wildman–Crippen LogP) is 3.65. The van der Waals surface area contributed by atoms with Gasteiger partial charge in [0.2, 0.25) is 0 Å². The number of hydrogen-bond donors (Lipinski definition) is 0. The quantitative estimate of drug-likeness (QED) is 0.722. The van der Waals surface area contributed by atoms with Crippen LogP contribution in [0.2, 0.25) is 5.02 Å². The van der Waals surface area contributed by atoms with Crippen LogP contribution in [-0.2, 0) is 20.1 Å². The van der Waals surface area contributed by atoms with Crippen molar-refractivity contribution >= 4 is 21.7 Å². The number of benzene rings is 2. The third-order valence-corrected chi connectivity index (χ3v) is 4.25. The Kier molecular flexibility index (Phi) is 5.83. The zero-order valence-corrected chi connectivity index (χ0v) is 13.7. The normalized spacial score (nSPS) is 12.8. The molecule has 0 N–H and O–H groups in total. The van der Waals surface area contributed by atoms with Crippen molar-refractivity contribution in [2.45, 2.75) is 18.8 Å². The fourth-order valence-corrected chi connectivity index (χ4v) is 3.01. The Labute approximate surface area is 135 Å². The molecule has 1 unspecified atom stereocenters. The summed E-state index contributed by atoms with van der Waals surface area (Å²) in [5.41, 5.74) is 0.689. The Morgan fingerprint density at radius 2 is 1.68 bits per heavy atom. The highest BCUT2D eigenvalue weighted by molar-refractivity contribution is 7.85. The zero-order valence-electron chi connectivity index (χ0n) is 12.1. The van der Waals surface area contributed by atoms with E-state index in [0.29, 0.717) is 16.3 Å². The molecule has 0 aromatic heterocycles. The molecule has 6 heteroatoms. The molecular formula is C16H17ClO4S. The Balaban J connectivity index is 1.84. The molecule has 0 heterocycles. The van der Waals surface area contributed by atoms with Crippen LogP contribution in [0, 0.1) is 0 Å². The lowest BCUT2D eigenvalue weighted by Gasteiger charge is -2.15. The zero-order chi connectivity index (χ0) is 16.0. The topological polar surface area (TPSA) is 52.6 Å². The van der Waals surface area contributed by atoms with E-state index in [1.807, 2.05) is 6.07 Å². The number of hydrogen-bond acceptors (Lipinski definition) is 4. The summed E-state index contributed by atoms with van der Waals surface area (Å²) >= 11 is 5.79. The van der Waals surface area contributed by atoms with Gasteiger partial charge in [0.25, 0.3) is 10.1 Å². The molecule has 0 aliphatic carbocycles. The van der Waals surface area contributed by atoms with Gasteiger partial charge in [0.05, 0.1) is 0 Å². The van der Waals surface area contributed by atoms with Crippen LogP contribution in [0.1, 0.15) is 12.5 Å². The number of rotatable bonds is 7. The molecule has 0 fully saturated rings. The second kappa shape index (κ2) is 7.63. The van der Waals surface area contributed by atoms with Gasteiger partial charge in [-0.25, -0.2) is 0 Å². The van der Waals surface area contributed by atoms with Crippen LogP contribution in [0.3, 0.4) is 0 Å². The Morgan fingerprint density at radius 1 is 1.05 bits per heavy atom. The van der Waals surface area contributed by atoms with Gasteiger partial charge in [0.15, 0.2) is 0 Å². The minimum atomic E-state index is -3.63. The summed E-state index contributed by atoms with van der Waals surface area (Å²) in [6.45, 7) is 1.70. The molecule has 1 atom stereocenters. The van der Waals surface area contributed by atoms with E-state index in [1.165, 1.54) is 0 Å². The van der Waals surface area contributed by atoms with Crippen LogP contribution in [-0.4, -0.2) is 21.1 Å². The van der Waals surface area contributed by atoms with Gasteiger partial charge in [0.1, 0.15) is 24.2 Å². The molecular weight excluding hydrogens is 324 g/mol. The molecule has 22 heavy (non-hydrogen) atoms. The average molecular weight is 341 g/mol. The Hall–Kier alpha value is -1.56. The van der Waals surface area contributed by atoms with E-state index in [1.54, 1.807) is 55.5 Å². The summed E-state index contributed by atoms with van der Waals surface area (Å²) in [5.74, 6) is 0.461. The van der Waals surface area contributed by atoms with Crippen LogP contribution in [0.4, 0.5) is 0 Å². The van der Waals surface area contributed by atoms with E-state index < -0.39 is 16.2 Å². The first-order valence-electron chi connectivity index (χ1n) is 6.78. The van der Waals surface area contributed by atoms with Crippen LogP contribution < -0.4 is 4.74 Å². The average Bonchev–Trinajstić information content (AvgIpc) is 2.48. The third-order valence-electron chi connectivity index (χ3n) is 2.82. The van der Waals surface area contributed by atoms with Gasteiger partial charge in [-0.2, -0.15) is 8.42 Å². The molecule has 2 aromatic carbocycles. The molecule has 0 saturated heterocycles. The first-order chi connectivity index (χ1) is 10.4. The van der Waals surface area contributed by atoms with E-state index in [4.69, 9.17) is 20.5 Å². The molecule has 0 aliphatic rings. The molecule has 4 nitrogen and oxygen atoms in total. The molecule has 2 aromatic rings. The number of halogens is 1. The first kappa shape index (κ1) is 16.8. The SMILES string of the molecule is CC(COS(=O)(=O)Cc1ccccc1)Oc1ccc(Cl)cc1. The van der Waals surface area contributed by atoms with Crippen LogP contribution >= 0.6 is 11.6 Å². The standard InChI is InChI=1S/C16H17ClO4S/c1-13(21-16-9-7-15(17)8-10-16)11-20-22(18,19)12-14-5-3-2-4-6-14/h2-10,13H,11-12H2,1H3. The smallest absolute Gasteiger partial charge is 0.271 e. The molecule has 2 rings (SSSR count). The summed E-state index contributed by atoms with van der Waals surface area (Å²) in [5, 5.41) is 0.613. The second-order valence-corrected chi connectivity index (χ2v) is 6.93. The van der Waals surface area contributed by atoms with E-state index in [-0.39, 0.29) is 12.4 Å². The lowest BCUT2D eigenvalue weighted by molar-refractivity contribution is 0.146. The van der Waals surface area contributed by atoms with Crippen LogP contribution in [0.5, 0.6) is 5.75 Å². The van der Waals surface area contributed by atoms with Gasteiger partial charge in [0, 0.05) is 5.02 Å². The maximum atomic E-state index is 11.9. The van der Waals surface area contributed by atoms with E-state index >= 15 is 0 Å². The van der Waals surface area contributed by atoms with Gasteiger partial charge >= 0.3 is 0 Å². The van der Waals surface area contributed by atoms with Gasteiger partial charge < -0.3 is 4.74 Å². The fraction of sp³-hybridized carbons (Fsp3) is 0.250. The van der Waals surface area contributed by atoms with Crippen molar-refractivity contribution < 1.29 is 17.3 Å². The van der Waals surface area contributed by atoms with E-state index in [9.17, 15) is 8.42 Å². The highest BCUT2D eigenvalue weighted by Crippen LogP contribution is 2.17. The predicted molar refractivity (Wildman–Crippen MR) is 86.6 cm³/mol. The summed E-state index contributed by atoms with van der Waals surface area (Å²) in [4.78, 5) is 0. The van der Waals surface area contributed by atoms with Gasteiger partial charge in [-0.1, -0.05) is 41.9 Å². The van der Waals surface area contributed by atoms with Crippen molar-refractivity contribution in [3.63, 3.8) is 0 Å². The van der Waals surface area contributed by atoms with E-state index in [2.05, 4.69) is 0 Å². The van der Waals surface area contributed by atoms with Crippen molar-refractivity contribution in [3.05, 3.63) is 65.2 Å². The summed E-state index contributed by atoms with van der Waals surface area (Å²) in [6, 6.07) is 15.7. The highest BCUT2D eigenvalue weighted by atomic mass is 35.5. The maximum Gasteiger partial charge on any atom is 0.271 e. The molecule has 0 radical (unpaired) electrons. The Bertz CT molecular complexity index is 684. The molecule has 0 aliphatic heterocycles. The summed E-state index contributed by atoms with van der Waals surface area (Å²) in [7, 11) is -3.63. The maximum absolute atomic E-state index is 11.9. The molecule has 118 valence electrons. The Morgan fingerprint density at radius 3 is 2.32 bits per heavy atom. The van der Waals surface area contributed by atoms with Crippen molar-refractivity contribution in [1.82, 2.24) is 0 Å². The highest BCUT2D eigenvalue weighted by Gasteiger charge is 2.15. The minimum Gasteiger partial charge on any atom is -0.488 e. The van der Waals surface area contributed by atoms with Crippen molar-refractivity contribution in [3.8, 4) is 5.75 Å². The fourth-order valence-electron chi connectivity index (χ4n) is 1.80. The summed E-state index contributed by atoms with van der Waals surface area (Å²) in [6.07, 6.45) is -0.397. The van der Waals surface area contributed by atoms with Crippen molar-refractivity contribution in [2.75, 3.05) is 6.61 Å². The second-order valence-electron chi connectivity index (χ2n) is 4.85. The summed E-state index contributed by atoms with van der Waals surface area (Å²) < 4.78 is 34.4. The van der Waals surface area contributed by atoms with Crippen LogP contribution in [0.15, 0.2) is 54.6 Å². The largest absolute Gasteiger partial charge is 0.488 e. The molecule has 0 spiro atoms. The molecule has 0 amide bonds. The lowest BCUT2D eigenvalue weighted by Crippen LogP contribution is -2.22. The monoisotopic (exact) mass is 340 g/mol. The molecule has 0 saturated carbocycles. The molecule has 0 bridgehead atoms. The van der Waals surface area contributed by atoms with Gasteiger partial charge in [-0.15, -0.1) is 0 Å². The first-order valence-corrected chi connectivity index (χ1v) is 8.73.